The van der Waals surface area contributed by atoms with Crippen LogP contribution in [0.4, 0.5) is 5.69 Å². The predicted octanol–water partition coefficient (Wildman–Crippen LogP) is 3.32. The molecule has 2 aromatic rings. The molecule has 0 bridgehead atoms. The third-order valence-electron chi connectivity index (χ3n) is 2.72. The van der Waals surface area contributed by atoms with E-state index < -0.39 is 0 Å². The van der Waals surface area contributed by atoms with Gasteiger partial charge in [0.25, 0.3) is 0 Å². The highest BCUT2D eigenvalue weighted by atomic mass is 14.8. The van der Waals surface area contributed by atoms with Gasteiger partial charge < -0.3 is 5.32 Å². The van der Waals surface area contributed by atoms with Crippen molar-refractivity contribution in [1.29, 1.82) is 0 Å². The van der Waals surface area contributed by atoms with Crippen molar-refractivity contribution in [2.75, 3.05) is 5.32 Å². The lowest BCUT2D eigenvalue weighted by Gasteiger charge is -2.15. The molecule has 1 N–H and O–H groups in total. The van der Waals surface area contributed by atoms with Crippen molar-refractivity contribution in [3.8, 4) is 0 Å². The topological polar surface area (TPSA) is 12.0 Å². The van der Waals surface area contributed by atoms with E-state index in [-0.39, 0.29) is 0 Å². The van der Waals surface area contributed by atoms with Gasteiger partial charge in [-0.15, -0.1) is 0 Å². The van der Waals surface area contributed by atoms with E-state index in [4.69, 9.17) is 0 Å². The van der Waals surface area contributed by atoms with Crippen molar-refractivity contribution < 1.29 is 0 Å². The maximum atomic E-state index is 3.27. The molecular formula is C13H11N. The number of rotatable bonds is 0. The van der Waals surface area contributed by atoms with Gasteiger partial charge in [-0.25, -0.2) is 0 Å². The van der Waals surface area contributed by atoms with Crippen molar-refractivity contribution in [1.82, 2.24) is 0 Å². The van der Waals surface area contributed by atoms with Crippen LogP contribution in [0.5, 0.6) is 0 Å². The van der Waals surface area contributed by atoms with Crippen LogP contribution in [0.25, 0.3) is 10.8 Å². The minimum atomic E-state index is 1.03. The molecule has 0 aliphatic carbocycles. The summed E-state index contributed by atoms with van der Waals surface area (Å²) in [5.74, 6) is 0. The van der Waals surface area contributed by atoms with Gasteiger partial charge in [0.2, 0.25) is 0 Å². The lowest BCUT2D eigenvalue weighted by molar-refractivity contribution is 1.25. The Labute approximate surface area is 83.1 Å². The molecule has 0 spiro atoms. The summed E-state index contributed by atoms with van der Waals surface area (Å²) in [5.41, 5.74) is 2.65. The van der Waals surface area contributed by atoms with Crippen molar-refractivity contribution in [2.24, 2.45) is 0 Å². The van der Waals surface area contributed by atoms with E-state index in [1.165, 1.54) is 22.0 Å². The lowest BCUT2D eigenvalue weighted by atomic mass is 9.99. The molecule has 1 nitrogen and oxygen atoms in total. The van der Waals surface area contributed by atoms with Gasteiger partial charge in [-0.3, -0.25) is 0 Å². The molecule has 1 aliphatic rings. The highest BCUT2D eigenvalue weighted by Gasteiger charge is 2.07. The van der Waals surface area contributed by atoms with Gasteiger partial charge in [0.15, 0.2) is 0 Å². The first-order chi connectivity index (χ1) is 6.95. The maximum Gasteiger partial charge on any atom is 0.0421 e. The van der Waals surface area contributed by atoms with Crippen LogP contribution in [0.3, 0.4) is 0 Å². The largest absolute Gasteiger partial charge is 0.362 e. The Hall–Kier alpha value is -1.76. The average Bonchev–Trinajstić information content (AvgIpc) is 2.29. The van der Waals surface area contributed by atoms with Crippen LogP contribution in [-0.2, 0) is 6.42 Å². The van der Waals surface area contributed by atoms with Crippen LogP contribution in [0, 0.1) is 0 Å². The summed E-state index contributed by atoms with van der Waals surface area (Å²) in [6, 6.07) is 12.9. The SMILES string of the molecule is C1=CNc2ccc3ccccc3c2C1. The quantitative estimate of drug-likeness (QED) is 0.657. The highest BCUT2D eigenvalue weighted by molar-refractivity contribution is 5.90. The van der Waals surface area contributed by atoms with Crippen LogP contribution in [-0.4, -0.2) is 0 Å². The number of hydrogen-bond acceptors (Lipinski definition) is 1. The molecule has 0 saturated heterocycles. The first-order valence-corrected chi connectivity index (χ1v) is 4.87. The number of nitrogens with one attached hydrogen (secondary N) is 1. The fraction of sp³-hybridized carbons (Fsp3) is 0.0769. The monoisotopic (exact) mass is 181 g/mol. The van der Waals surface area contributed by atoms with Crippen molar-refractivity contribution in [2.45, 2.75) is 6.42 Å². The van der Waals surface area contributed by atoms with Crippen LogP contribution in [0.15, 0.2) is 48.7 Å². The molecule has 0 saturated carbocycles. The van der Waals surface area contributed by atoms with Gasteiger partial charge in [0.1, 0.15) is 0 Å². The molecule has 1 heteroatoms. The summed E-state index contributed by atoms with van der Waals surface area (Å²) in [6.45, 7) is 0. The van der Waals surface area contributed by atoms with Gasteiger partial charge in [0, 0.05) is 5.69 Å². The Balaban J connectivity index is 2.37. The third kappa shape index (κ3) is 1.02. The molecule has 0 aromatic heterocycles. The van der Waals surface area contributed by atoms with Crippen molar-refractivity contribution in [3.05, 3.63) is 54.2 Å². The fourth-order valence-corrected chi connectivity index (χ4v) is 2.02. The van der Waals surface area contributed by atoms with Gasteiger partial charge in [0.05, 0.1) is 0 Å². The average molecular weight is 181 g/mol. The zero-order valence-electron chi connectivity index (χ0n) is 7.83. The summed E-state index contributed by atoms with van der Waals surface area (Å²) >= 11 is 0. The summed E-state index contributed by atoms with van der Waals surface area (Å²) in [4.78, 5) is 0. The molecular weight excluding hydrogens is 170 g/mol. The van der Waals surface area contributed by atoms with Crippen LogP contribution >= 0.6 is 0 Å². The molecule has 68 valence electrons. The van der Waals surface area contributed by atoms with E-state index in [0.29, 0.717) is 0 Å². The van der Waals surface area contributed by atoms with Crippen LogP contribution in [0.1, 0.15) is 5.56 Å². The molecule has 0 unspecified atom stereocenters. The standard InChI is InChI=1S/C13H11N/c1-2-5-11-10(4-1)7-8-13-12(11)6-3-9-14-13/h1-5,7-9,14H,6H2. The minimum absolute atomic E-state index is 1.03. The molecule has 0 atom stereocenters. The zero-order chi connectivity index (χ0) is 9.38. The molecule has 2 aromatic carbocycles. The Bertz CT molecular complexity index is 512. The third-order valence-corrected chi connectivity index (χ3v) is 2.72. The van der Waals surface area contributed by atoms with Crippen molar-refractivity contribution >= 4 is 16.5 Å². The number of fused-ring (bicyclic) bond motifs is 3. The maximum absolute atomic E-state index is 3.27. The number of allylic oxidation sites excluding steroid dienone is 1. The Morgan fingerprint density at radius 1 is 1.00 bits per heavy atom. The van der Waals surface area contributed by atoms with Gasteiger partial charge in [-0.2, -0.15) is 0 Å². The second-order valence-corrected chi connectivity index (χ2v) is 3.56. The molecule has 0 amide bonds. The van der Waals surface area contributed by atoms with E-state index >= 15 is 0 Å². The van der Waals surface area contributed by atoms with E-state index in [0.717, 1.165) is 6.42 Å². The van der Waals surface area contributed by atoms with E-state index in [9.17, 15) is 0 Å². The summed E-state index contributed by atoms with van der Waals surface area (Å²) in [7, 11) is 0. The van der Waals surface area contributed by atoms with E-state index in [1.54, 1.807) is 0 Å². The van der Waals surface area contributed by atoms with Crippen LogP contribution < -0.4 is 5.32 Å². The summed E-state index contributed by atoms with van der Waals surface area (Å²) in [6.07, 6.45) is 5.20. The lowest BCUT2D eigenvalue weighted by Crippen LogP contribution is -2.00. The second kappa shape index (κ2) is 2.88. The second-order valence-electron chi connectivity index (χ2n) is 3.56. The van der Waals surface area contributed by atoms with Gasteiger partial charge in [-0.05, 0) is 35.0 Å². The molecule has 0 fully saturated rings. The Morgan fingerprint density at radius 2 is 1.93 bits per heavy atom. The van der Waals surface area contributed by atoms with E-state index in [1.807, 2.05) is 6.20 Å². The minimum Gasteiger partial charge on any atom is -0.362 e. The highest BCUT2D eigenvalue weighted by Crippen LogP contribution is 2.28. The first kappa shape index (κ1) is 7.63. The molecule has 1 aliphatic heterocycles. The number of hydrogen-bond donors (Lipinski definition) is 1. The zero-order valence-corrected chi connectivity index (χ0v) is 7.83. The summed E-state index contributed by atoms with van der Waals surface area (Å²) < 4.78 is 0. The van der Waals surface area contributed by atoms with E-state index in [2.05, 4.69) is 47.8 Å². The summed E-state index contributed by atoms with van der Waals surface area (Å²) in [5, 5.41) is 5.96. The van der Waals surface area contributed by atoms with Crippen LogP contribution in [0.2, 0.25) is 0 Å². The first-order valence-electron chi connectivity index (χ1n) is 4.87. The normalized spacial score (nSPS) is 13.7. The molecule has 1 heterocycles. The molecule has 0 radical (unpaired) electrons. The van der Waals surface area contributed by atoms with Gasteiger partial charge >= 0.3 is 0 Å². The smallest absolute Gasteiger partial charge is 0.0421 e. The number of anilines is 1. The Kier molecular flexibility index (Phi) is 1.57. The van der Waals surface area contributed by atoms with Crippen molar-refractivity contribution in [3.63, 3.8) is 0 Å². The fourth-order valence-electron chi connectivity index (χ4n) is 2.02. The molecule has 14 heavy (non-hydrogen) atoms. The van der Waals surface area contributed by atoms with Gasteiger partial charge in [-0.1, -0.05) is 36.4 Å². The number of benzene rings is 2. The Morgan fingerprint density at radius 3 is 2.93 bits per heavy atom. The predicted molar refractivity (Wildman–Crippen MR) is 60.4 cm³/mol. The molecule has 3 rings (SSSR count).